The Morgan fingerprint density at radius 1 is 1.38 bits per heavy atom. The van der Waals surface area contributed by atoms with E-state index >= 15 is 0 Å². The fourth-order valence-corrected chi connectivity index (χ4v) is 3.59. The van der Waals surface area contributed by atoms with Gasteiger partial charge < -0.3 is 10.0 Å². The van der Waals surface area contributed by atoms with Crippen molar-refractivity contribution in [2.24, 2.45) is 0 Å². The average molecular weight is 270 g/mol. The number of nitrogens with zero attached hydrogens (tertiary/aromatic N) is 1. The molecule has 0 aliphatic heterocycles. The molecule has 4 nitrogen and oxygen atoms in total. The number of halogens is 1. The van der Waals surface area contributed by atoms with E-state index in [1.165, 1.54) is 0 Å². The van der Waals surface area contributed by atoms with Gasteiger partial charge in [-0.25, -0.2) is 8.42 Å². The lowest BCUT2D eigenvalue weighted by Gasteiger charge is -2.23. The number of likely N-dealkylation sites (N-methyl/N-ethyl adjacent to an activating group) is 1. The van der Waals surface area contributed by atoms with Crippen LogP contribution in [0.1, 0.15) is 33.1 Å². The molecule has 0 spiro atoms. The third-order valence-corrected chi connectivity index (χ3v) is 5.89. The zero-order valence-corrected chi connectivity index (χ0v) is 11.4. The van der Waals surface area contributed by atoms with Crippen molar-refractivity contribution in [1.29, 1.82) is 0 Å². The zero-order chi connectivity index (χ0) is 12.4. The van der Waals surface area contributed by atoms with Crippen molar-refractivity contribution in [2.45, 2.75) is 44.0 Å². The number of rotatable bonds is 7. The first-order chi connectivity index (χ1) is 7.34. The van der Waals surface area contributed by atoms with Crippen molar-refractivity contribution >= 4 is 19.7 Å². The molecule has 1 N–H and O–H groups in total. The molecule has 0 aromatic heterocycles. The second kappa shape index (κ2) is 5.21. The molecule has 1 atom stereocenters. The molecule has 0 aromatic rings. The van der Waals surface area contributed by atoms with Gasteiger partial charge in [-0.3, -0.25) is 0 Å². The number of hydrogen-bond acceptors (Lipinski definition) is 4. The minimum Gasteiger partial charge on any atom is -0.392 e. The maximum atomic E-state index is 11.3. The molecule has 0 amide bonds. The van der Waals surface area contributed by atoms with Crippen LogP contribution in [0.2, 0.25) is 0 Å². The van der Waals surface area contributed by atoms with Gasteiger partial charge >= 0.3 is 0 Å². The van der Waals surface area contributed by atoms with Crippen LogP contribution in [0.5, 0.6) is 0 Å². The van der Waals surface area contributed by atoms with E-state index in [2.05, 4.69) is 4.90 Å². The van der Waals surface area contributed by atoms with E-state index in [-0.39, 0.29) is 6.42 Å². The number of aliphatic hydroxyl groups excluding tert-OH is 1. The van der Waals surface area contributed by atoms with Gasteiger partial charge in [0.25, 0.3) is 0 Å². The van der Waals surface area contributed by atoms with Crippen LogP contribution in [0.25, 0.3) is 0 Å². The van der Waals surface area contributed by atoms with Crippen LogP contribution in [0, 0.1) is 0 Å². The molecule has 1 unspecified atom stereocenters. The molecule has 0 heterocycles. The average Bonchev–Trinajstić information content (AvgIpc) is 2.94. The molecule has 1 fully saturated rings. The third kappa shape index (κ3) is 3.32. The molecular weight excluding hydrogens is 250 g/mol. The molecule has 1 saturated carbocycles. The predicted molar refractivity (Wildman–Crippen MR) is 65.1 cm³/mol. The van der Waals surface area contributed by atoms with Crippen molar-refractivity contribution < 1.29 is 13.5 Å². The second-order valence-electron chi connectivity index (χ2n) is 4.46. The van der Waals surface area contributed by atoms with Gasteiger partial charge in [-0.2, -0.15) is 0 Å². The maximum Gasteiger partial charge on any atom is 0.238 e. The molecule has 0 bridgehead atoms. The van der Waals surface area contributed by atoms with Crippen molar-refractivity contribution in [3.05, 3.63) is 0 Å². The zero-order valence-electron chi connectivity index (χ0n) is 9.82. The van der Waals surface area contributed by atoms with Gasteiger partial charge in [-0.05, 0) is 32.4 Å². The van der Waals surface area contributed by atoms with Crippen LogP contribution in [0.4, 0.5) is 0 Å². The standard InChI is InChI=1S/C10H20ClNO3S/c1-3-12(4-2)8-9(13)7-10(5-6-10)16(11,14)15/h9,13H,3-8H2,1-2H3. The van der Waals surface area contributed by atoms with E-state index < -0.39 is 19.9 Å². The molecular formula is C10H20ClNO3S. The Labute approximate surface area is 102 Å². The lowest BCUT2D eigenvalue weighted by molar-refractivity contribution is 0.108. The summed E-state index contributed by atoms with van der Waals surface area (Å²) in [5.74, 6) is 0. The normalized spacial score (nSPS) is 21.1. The highest BCUT2D eigenvalue weighted by Gasteiger charge is 2.54. The minimum absolute atomic E-state index is 0.259. The van der Waals surface area contributed by atoms with Gasteiger partial charge in [0.05, 0.1) is 10.9 Å². The van der Waals surface area contributed by atoms with Gasteiger partial charge in [-0.15, -0.1) is 0 Å². The Bertz CT molecular complexity index is 323. The summed E-state index contributed by atoms with van der Waals surface area (Å²) in [6, 6.07) is 0. The Kier molecular flexibility index (Phi) is 4.63. The van der Waals surface area contributed by atoms with E-state index in [1.54, 1.807) is 0 Å². The summed E-state index contributed by atoms with van der Waals surface area (Å²) >= 11 is 0. The highest BCUT2D eigenvalue weighted by atomic mass is 35.7. The van der Waals surface area contributed by atoms with Crippen LogP contribution < -0.4 is 0 Å². The van der Waals surface area contributed by atoms with Crippen molar-refractivity contribution in [3.8, 4) is 0 Å². The fraction of sp³-hybridized carbons (Fsp3) is 1.00. The summed E-state index contributed by atoms with van der Waals surface area (Å²) in [4.78, 5) is 2.07. The van der Waals surface area contributed by atoms with Crippen molar-refractivity contribution in [1.82, 2.24) is 4.90 Å². The first kappa shape index (κ1) is 14.2. The highest BCUT2D eigenvalue weighted by molar-refractivity contribution is 8.15. The van der Waals surface area contributed by atoms with E-state index in [9.17, 15) is 13.5 Å². The first-order valence-corrected chi connectivity index (χ1v) is 8.00. The predicted octanol–water partition coefficient (Wildman–Crippen LogP) is 1.18. The largest absolute Gasteiger partial charge is 0.392 e. The lowest BCUT2D eigenvalue weighted by Crippen LogP contribution is -2.36. The maximum absolute atomic E-state index is 11.3. The summed E-state index contributed by atoms with van der Waals surface area (Å²) in [6.45, 7) is 6.26. The number of aliphatic hydroxyl groups is 1. The Balaban J connectivity index is 2.49. The third-order valence-electron chi connectivity index (χ3n) is 3.30. The number of hydrogen-bond donors (Lipinski definition) is 1. The molecule has 1 rings (SSSR count). The summed E-state index contributed by atoms with van der Waals surface area (Å²) in [6.07, 6.45) is 0.799. The molecule has 16 heavy (non-hydrogen) atoms. The van der Waals surface area contributed by atoms with Crippen LogP contribution in [-0.2, 0) is 9.05 Å². The molecule has 0 radical (unpaired) electrons. The lowest BCUT2D eigenvalue weighted by atomic mass is 10.1. The summed E-state index contributed by atoms with van der Waals surface area (Å²) in [7, 11) is 1.84. The van der Waals surface area contributed by atoms with Crippen LogP contribution in [0.3, 0.4) is 0 Å². The molecule has 6 heteroatoms. The molecule has 1 aliphatic carbocycles. The van der Waals surface area contributed by atoms with E-state index in [1.807, 2.05) is 13.8 Å². The summed E-state index contributed by atoms with van der Waals surface area (Å²) in [5.41, 5.74) is 0. The van der Waals surface area contributed by atoms with E-state index in [4.69, 9.17) is 10.7 Å². The van der Waals surface area contributed by atoms with Crippen LogP contribution in [0.15, 0.2) is 0 Å². The van der Waals surface area contributed by atoms with E-state index in [0.717, 1.165) is 13.1 Å². The Morgan fingerprint density at radius 3 is 2.19 bits per heavy atom. The van der Waals surface area contributed by atoms with Gasteiger partial charge in [-0.1, -0.05) is 13.8 Å². The monoisotopic (exact) mass is 269 g/mol. The van der Waals surface area contributed by atoms with Crippen molar-refractivity contribution in [2.75, 3.05) is 19.6 Å². The van der Waals surface area contributed by atoms with Crippen molar-refractivity contribution in [3.63, 3.8) is 0 Å². The van der Waals surface area contributed by atoms with Crippen LogP contribution in [-0.4, -0.2) is 48.9 Å². The topological polar surface area (TPSA) is 57.6 Å². The second-order valence-corrected chi connectivity index (χ2v) is 7.43. The fourth-order valence-electron chi connectivity index (χ4n) is 1.96. The molecule has 96 valence electrons. The SMILES string of the molecule is CCN(CC)CC(O)CC1(S(=O)(=O)Cl)CC1. The molecule has 1 aliphatic rings. The van der Waals surface area contributed by atoms with Gasteiger partial charge in [0, 0.05) is 17.2 Å². The molecule has 0 aromatic carbocycles. The Morgan fingerprint density at radius 2 is 1.88 bits per heavy atom. The summed E-state index contributed by atoms with van der Waals surface area (Å²) < 4.78 is 21.8. The minimum atomic E-state index is -3.54. The van der Waals surface area contributed by atoms with Gasteiger partial charge in [0.1, 0.15) is 0 Å². The van der Waals surface area contributed by atoms with Gasteiger partial charge in [0.15, 0.2) is 0 Å². The highest BCUT2D eigenvalue weighted by Crippen LogP contribution is 2.49. The van der Waals surface area contributed by atoms with Gasteiger partial charge in [0.2, 0.25) is 9.05 Å². The quantitative estimate of drug-likeness (QED) is 0.705. The summed E-state index contributed by atoms with van der Waals surface area (Å²) in [5, 5.41) is 9.86. The smallest absolute Gasteiger partial charge is 0.238 e. The van der Waals surface area contributed by atoms with Crippen LogP contribution >= 0.6 is 10.7 Å². The Hall–Kier alpha value is 0.160. The molecule has 0 saturated heterocycles. The van der Waals surface area contributed by atoms with E-state index in [0.29, 0.717) is 19.4 Å². The first-order valence-electron chi connectivity index (χ1n) is 5.69.